The number of nitrogens with one attached hydrogen (secondary N) is 11. The van der Waals surface area contributed by atoms with E-state index in [0.717, 1.165) is 0 Å². The second-order valence-electron chi connectivity index (χ2n) is 17.2. The summed E-state index contributed by atoms with van der Waals surface area (Å²) in [4.78, 5) is 153. The van der Waals surface area contributed by atoms with Crippen molar-refractivity contribution >= 4 is 82.7 Å². The van der Waals surface area contributed by atoms with E-state index in [1.165, 1.54) is 39.5 Å². The number of aliphatic carboxylic acids is 1. The first-order valence-electron chi connectivity index (χ1n) is 24.1. The number of unbranched alkanes of at least 4 members (excludes halogenated alkanes) is 2. The minimum absolute atomic E-state index is 0.0264. The van der Waals surface area contributed by atoms with E-state index in [4.69, 9.17) is 17.2 Å². The zero-order valence-corrected chi connectivity index (χ0v) is 43.6. The van der Waals surface area contributed by atoms with Gasteiger partial charge in [-0.05, 0) is 104 Å². The fourth-order valence-electron chi connectivity index (χ4n) is 6.39. The third-order valence-electron chi connectivity index (χ3n) is 11.1. The summed E-state index contributed by atoms with van der Waals surface area (Å²) in [6.45, 7) is 6.80. The number of amides is 11. The van der Waals surface area contributed by atoms with Gasteiger partial charge in [0.25, 0.3) is 0 Å². The average molecular weight is 1060 g/mol. The Labute approximate surface area is 429 Å². The molecule has 10 atom stereocenters. The van der Waals surface area contributed by atoms with Gasteiger partial charge in [-0.2, -0.15) is 11.8 Å². The van der Waals surface area contributed by atoms with Crippen LogP contribution in [0.25, 0.3) is 0 Å². The smallest absolute Gasteiger partial charge is 0.326 e. The first-order valence-corrected chi connectivity index (χ1v) is 25.5. The summed E-state index contributed by atoms with van der Waals surface area (Å²) in [5.74, 6) is -9.90. The van der Waals surface area contributed by atoms with Gasteiger partial charge in [0.15, 0.2) is 0 Å². The summed E-state index contributed by atoms with van der Waals surface area (Å²) in [5, 5.41) is 45.9. The summed E-state index contributed by atoms with van der Waals surface area (Å²) in [5.41, 5.74) is 16.4. The number of carbonyl (C=O) groups excluding carboxylic acids is 11. The van der Waals surface area contributed by atoms with Crippen LogP contribution < -0.4 is 75.7 Å². The van der Waals surface area contributed by atoms with Gasteiger partial charge in [0.05, 0.1) is 26.2 Å². The molecule has 29 heteroatoms. The fourth-order valence-corrected chi connectivity index (χ4v) is 6.86. The molecular weight excluding hydrogens is 981 g/mol. The van der Waals surface area contributed by atoms with Gasteiger partial charge in [0.2, 0.25) is 65.0 Å². The molecule has 0 bridgehead atoms. The van der Waals surface area contributed by atoms with E-state index in [9.17, 15) is 67.7 Å². The van der Waals surface area contributed by atoms with Crippen LogP contribution in [0.3, 0.4) is 0 Å². The lowest BCUT2D eigenvalue weighted by atomic mass is 9.97. The van der Waals surface area contributed by atoms with Gasteiger partial charge in [-0.15, -0.1) is 0 Å². The highest BCUT2D eigenvalue weighted by molar-refractivity contribution is 7.98. The molecule has 0 aliphatic heterocycles. The predicted octanol–water partition coefficient (Wildman–Crippen LogP) is -6.25. The summed E-state index contributed by atoms with van der Waals surface area (Å²) in [6, 6.07) is -11.2. The van der Waals surface area contributed by atoms with Gasteiger partial charge in [0, 0.05) is 0 Å². The van der Waals surface area contributed by atoms with E-state index < -0.39 is 151 Å². The molecule has 73 heavy (non-hydrogen) atoms. The minimum atomic E-state index is -1.59. The topological polar surface area (TPSA) is 456 Å². The first kappa shape index (κ1) is 66.8. The van der Waals surface area contributed by atoms with Crippen LogP contribution in [0.4, 0.5) is 0 Å². The number of carbonyl (C=O) groups is 12. The highest BCUT2D eigenvalue weighted by Crippen LogP contribution is 2.10. The third kappa shape index (κ3) is 26.9. The molecule has 0 aromatic carbocycles. The Morgan fingerprint density at radius 3 is 1.34 bits per heavy atom. The van der Waals surface area contributed by atoms with Crippen LogP contribution in [0.1, 0.15) is 92.9 Å². The lowest BCUT2D eigenvalue weighted by molar-refractivity contribution is -0.142. The molecule has 0 radical (unpaired) electrons. The first-order chi connectivity index (χ1) is 34.4. The number of thioether (sulfide) groups is 1. The summed E-state index contributed by atoms with van der Waals surface area (Å²) >= 11 is 1.43. The number of rotatable bonds is 37. The van der Waals surface area contributed by atoms with Crippen LogP contribution in [-0.2, 0) is 57.5 Å². The monoisotopic (exact) mass is 1060 g/mol. The molecule has 19 N–H and O–H groups in total. The molecule has 0 fully saturated rings. The molecule has 0 aliphatic carbocycles. The van der Waals surface area contributed by atoms with Crippen LogP contribution >= 0.6 is 11.8 Å². The number of aliphatic hydroxyl groups excluding tert-OH is 1. The van der Waals surface area contributed by atoms with Gasteiger partial charge in [-0.3, -0.25) is 52.7 Å². The lowest BCUT2D eigenvalue weighted by Gasteiger charge is -2.26. The Kier molecular flexibility index (Phi) is 33.6. The maximum atomic E-state index is 13.4. The number of hydrogen-bond donors (Lipinski definition) is 16. The van der Waals surface area contributed by atoms with E-state index in [-0.39, 0.29) is 32.4 Å². The van der Waals surface area contributed by atoms with Crippen molar-refractivity contribution in [3.63, 3.8) is 0 Å². The van der Waals surface area contributed by atoms with Gasteiger partial charge >= 0.3 is 5.97 Å². The van der Waals surface area contributed by atoms with Crippen molar-refractivity contribution < 1.29 is 67.7 Å². The average Bonchev–Trinajstić information content (AvgIpc) is 3.35. The fraction of sp³-hybridized carbons (Fsp3) is 0.727. The molecule has 416 valence electrons. The Balaban J connectivity index is 5.44. The Morgan fingerprint density at radius 2 is 0.877 bits per heavy atom. The van der Waals surface area contributed by atoms with Crippen LogP contribution in [0.2, 0.25) is 0 Å². The normalized spacial score (nSPS) is 15.0. The number of nitrogens with two attached hydrogens (primary N) is 3. The van der Waals surface area contributed by atoms with Crippen molar-refractivity contribution in [2.24, 2.45) is 23.1 Å². The van der Waals surface area contributed by atoms with E-state index >= 15 is 0 Å². The maximum Gasteiger partial charge on any atom is 0.326 e. The number of aliphatic hydroxyl groups is 1. The van der Waals surface area contributed by atoms with Gasteiger partial charge < -0.3 is 85.9 Å². The lowest BCUT2D eigenvalue weighted by Crippen LogP contribution is -2.59. The van der Waals surface area contributed by atoms with Crippen LogP contribution in [0.5, 0.6) is 0 Å². The highest BCUT2D eigenvalue weighted by Gasteiger charge is 2.33. The van der Waals surface area contributed by atoms with Crippen molar-refractivity contribution in [2.45, 2.75) is 147 Å². The zero-order valence-electron chi connectivity index (χ0n) is 42.8. The quantitative estimate of drug-likeness (QED) is 0.0257. The van der Waals surface area contributed by atoms with Crippen molar-refractivity contribution in [3.05, 3.63) is 0 Å². The summed E-state index contributed by atoms with van der Waals surface area (Å²) < 4.78 is 0. The van der Waals surface area contributed by atoms with Gasteiger partial charge in [-0.25, -0.2) is 4.79 Å². The Hall–Kier alpha value is -6.17. The molecule has 0 rings (SSSR count). The number of carboxylic acid groups (broad SMARTS) is 1. The molecule has 0 aliphatic rings. The SMILES string of the molecule is CC[C@H](C)[C@H](NC(=O)[C@H](C)NC(=O)CNC(=O)[C@H](C)NC(=O)[C@H](CCCCN)NC(=O)[C@H](CO)NC(=O)[C@H](C)NC(=O)[C@H](CCSC)NC(=O)CN)C(=O)N[C@@H](C)C(=O)NCC(=O)N[C@@H](CCCCN)C(=O)O. The predicted molar refractivity (Wildman–Crippen MR) is 268 cm³/mol. The zero-order chi connectivity index (χ0) is 55.8. The van der Waals surface area contributed by atoms with Crippen molar-refractivity contribution in [1.29, 1.82) is 0 Å². The Bertz CT molecular complexity index is 1870. The summed E-state index contributed by atoms with van der Waals surface area (Å²) in [7, 11) is 0. The van der Waals surface area contributed by atoms with Crippen molar-refractivity contribution in [3.8, 4) is 0 Å². The molecule has 28 nitrogen and oxygen atoms in total. The largest absolute Gasteiger partial charge is 0.480 e. The number of hydrogen-bond acceptors (Lipinski definition) is 17. The van der Waals surface area contributed by atoms with Crippen LogP contribution in [0.15, 0.2) is 0 Å². The van der Waals surface area contributed by atoms with Gasteiger partial charge in [-0.1, -0.05) is 20.3 Å². The molecule has 0 heterocycles. The minimum Gasteiger partial charge on any atom is -0.480 e. The second kappa shape index (κ2) is 36.7. The van der Waals surface area contributed by atoms with Crippen molar-refractivity contribution in [2.75, 3.05) is 51.3 Å². The molecule has 0 aromatic heterocycles. The maximum absolute atomic E-state index is 13.4. The van der Waals surface area contributed by atoms with Gasteiger partial charge in [0.1, 0.15) is 54.4 Å². The van der Waals surface area contributed by atoms with E-state index in [2.05, 4.69) is 58.5 Å². The molecule has 0 aromatic rings. The number of carboxylic acids is 1. The molecule has 11 amide bonds. The summed E-state index contributed by atoms with van der Waals surface area (Å²) in [6.07, 6.45) is 4.43. The molecule has 0 unspecified atom stereocenters. The highest BCUT2D eigenvalue weighted by atomic mass is 32.2. The molecule has 0 spiro atoms. The van der Waals surface area contributed by atoms with E-state index in [0.29, 0.717) is 44.4 Å². The molecular formula is C44H80N14O14S. The van der Waals surface area contributed by atoms with Crippen molar-refractivity contribution in [1.82, 2.24) is 58.5 Å². The molecule has 0 saturated carbocycles. The Morgan fingerprint density at radius 1 is 0.466 bits per heavy atom. The standard InChI is InChI=1S/C44H80N14O14S/c1-8-23(2)35(43(70)53-25(4)37(64)49-21-34(62)55-30(44(71)72)14-10-12-17-46)58-39(66)26(5)50-33(61)20-48-36(63)24(3)51-40(67)28(13-9-11-16-45)56-42(69)31(22-59)57-38(65)27(6)52-41(68)29(15-18-73-7)54-32(60)19-47/h23-31,35,59H,8-22,45-47H2,1-7H3,(H,48,63)(H,49,64)(H,50,61)(H,51,67)(H,52,68)(H,53,70)(H,54,60)(H,55,62)(H,56,69)(H,57,65)(H,58,66)(H,71,72)/t23-,24-,25-,26-,27-,28-,29-,30-,31-,35-/m0/s1. The van der Waals surface area contributed by atoms with E-state index in [1.54, 1.807) is 20.1 Å². The molecule has 0 saturated heterocycles. The van der Waals surface area contributed by atoms with Crippen LogP contribution in [0, 0.1) is 5.92 Å². The third-order valence-corrected chi connectivity index (χ3v) is 11.7. The second-order valence-corrected chi connectivity index (χ2v) is 18.2. The van der Waals surface area contributed by atoms with Crippen LogP contribution in [-0.4, -0.2) is 187 Å². The van der Waals surface area contributed by atoms with E-state index in [1.807, 2.05) is 0 Å².